The van der Waals surface area contributed by atoms with E-state index in [-0.39, 0.29) is 24.9 Å². The van der Waals surface area contributed by atoms with Crippen LogP contribution in [0.2, 0.25) is 5.02 Å². The lowest BCUT2D eigenvalue weighted by atomic mass is 10.0. The van der Waals surface area contributed by atoms with Gasteiger partial charge in [0.25, 0.3) is 0 Å². The first kappa shape index (κ1) is 22.4. The van der Waals surface area contributed by atoms with Crippen LogP contribution in [-0.4, -0.2) is 67.5 Å². The van der Waals surface area contributed by atoms with Crippen molar-refractivity contribution >= 4 is 22.6 Å². The van der Waals surface area contributed by atoms with Crippen molar-refractivity contribution in [1.82, 2.24) is 24.7 Å². The maximum atomic E-state index is 9.95. The summed E-state index contributed by atoms with van der Waals surface area (Å²) in [5, 5.41) is 14.7. The summed E-state index contributed by atoms with van der Waals surface area (Å²) in [5.41, 5.74) is 6.25. The summed E-state index contributed by atoms with van der Waals surface area (Å²) in [6, 6.07) is 20.0. The van der Waals surface area contributed by atoms with Gasteiger partial charge in [-0.1, -0.05) is 48.0 Å². The number of aromatic nitrogens is 5. The summed E-state index contributed by atoms with van der Waals surface area (Å²) < 4.78 is 19.1. The van der Waals surface area contributed by atoms with Crippen LogP contribution >= 0.6 is 11.6 Å². The lowest BCUT2D eigenvalue weighted by Crippen LogP contribution is -2.34. The van der Waals surface area contributed by atoms with Gasteiger partial charge in [0, 0.05) is 11.6 Å². The predicted octanol–water partition coefficient (Wildman–Crippen LogP) is 4.04. The number of nitrogens with zero attached hydrogens (tertiary/aromatic N) is 4. The highest BCUT2D eigenvalue weighted by atomic mass is 35.5. The molecule has 0 saturated carbocycles. The molecule has 2 aliphatic rings. The van der Waals surface area contributed by atoms with Crippen molar-refractivity contribution in [2.24, 2.45) is 0 Å². The largest absolute Gasteiger partial charge is 0.470 e. The van der Waals surface area contributed by atoms with Crippen LogP contribution < -0.4 is 4.74 Å². The molecule has 2 fully saturated rings. The van der Waals surface area contributed by atoms with Crippen molar-refractivity contribution in [3.05, 3.63) is 78.3 Å². The van der Waals surface area contributed by atoms with E-state index in [1.807, 2.05) is 36.4 Å². The second-order valence-corrected chi connectivity index (χ2v) is 9.58. The second-order valence-electron chi connectivity index (χ2n) is 9.17. The fourth-order valence-electron chi connectivity index (χ4n) is 4.95. The number of aliphatic hydroxyl groups excluding tert-OH is 1. The maximum Gasteiger partial charge on any atom is 0.193 e. The summed E-state index contributed by atoms with van der Waals surface area (Å²) in [6.45, 7) is 0.617. The van der Waals surface area contributed by atoms with E-state index in [1.165, 1.54) is 6.33 Å². The van der Waals surface area contributed by atoms with Gasteiger partial charge in [-0.05, 0) is 29.3 Å². The molecule has 0 amide bonds. The van der Waals surface area contributed by atoms with E-state index in [9.17, 15) is 5.11 Å². The number of H-pyrrole nitrogens is 1. The lowest BCUT2D eigenvalue weighted by Gasteiger charge is -2.16. The van der Waals surface area contributed by atoms with Gasteiger partial charge in [-0.2, -0.15) is 5.10 Å². The van der Waals surface area contributed by atoms with Gasteiger partial charge in [0.1, 0.15) is 31.0 Å². The molecular weight excluding hydrogens is 494 g/mol. The highest BCUT2D eigenvalue weighted by Gasteiger charge is 2.48. The van der Waals surface area contributed by atoms with Crippen molar-refractivity contribution in [2.45, 2.75) is 24.4 Å². The summed E-state index contributed by atoms with van der Waals surface area (Å²) >= 11 is 6.62. The van der Waals surface area contributed by atoms with Gasteiger partial charge in [0.2, 0.25) is 0 Å². The molecule has 2 N–H and O–H groups in total. The van der Waals surface area contributed by atoms with Crippen LogP contribution in [0.25, 0.3) is 39.1 Å². The molecule has 7 rings (SSSR count). The Kier molecular flexibility index (Phi) is 5.44. The number of halogens is 1. The van der Waals surface area contributed by atoms with E-state index in [1.54, 1.807) is 11.0 Å². The molecule has 2 saturated heterocycles. The molecule has 2 aliphatic heterocycles. The Morgan fingerprint density at radius 1 is 0.946 bits per heavy atom. The fraction of sp³-hybridized carbons (Fsp3) is 0.222. The van der Waals surface area contributed by atoms with Gasteiger partial charge in [0.05, 0.1) is 40.7 Å². The van der Waals surface area contributed by atoms with Crippen LogP contribution in [0.5, 0.6) is 5.88 Å². The Morgan fingerprint density at radius 3 is 2.43 bits per heavy atom. The first-order chi connectivity index (χ1) is 18.1. The van der Waals surface area contributed by atoms with Crippen LogP contribution in [-0.2, 0) is 9.47 Å². The Balaban J connectivity index is 1.11. The van der Waals surface area contributed by atoms with Crippen molar-refractivity contribution < 1.29 is 19.3 Å². The van der Waals surface area contributed by atoms with Gasteiger partial charge in [-0.3, -0.25) is 0 Å². The highest BCUT2D eigenvalue weighted by molar-refractivity contribution is 6.33. The molecule has 0 bridgehead atoms. The number of nitrogens with one attached hydrogen (secondary N) is 1. The average Bonchev–Trinajstić information content (AvgIpc) is 3.71. The molecular formula is C27H22ClN5O4. The lowest BCUT2D eigenvalue weighted by molar-refractivity contribution is 0.00794. The zero-order chi connectivity index (χ0) is 24.9. The highest BCUT2D eigenvalue weighted by Crippen LogP contribution is 2.34. The van der Waals surface area contributed by atoms with Crippen LogP contribution in [0, 0.1) is 0 Å². The van der Waals surface area contributed by atoms with Crippen LogP contribution in [0.15, 0.2) is 73.3 Å². The minimum absolute atomic E-state index is 0.259. The van der Waals surface area contributed by atoms with Gasteiger partial charge in [-0.15, -0.1) is 0 Å². The first-order valence-electron chi connectivity index (χ1n) is 12.0. The normalized spacial score (nSPS) is 23.0. The molecule has 4 atom stereocenters. The van der Waals surface area contributed by atoms with Crippen molar-refractivity contribution in [3.8, 4) is 34.0 Å². The zero-order valence-corrected chi connectivity index (χ0v) is 20.2. The smallest absolute Gasteiger partial charge is 0.193 e. The van der Waals surface area contributed by atoms with E-state index in [4.69, 9.17) is 30.8 Å². The number of rotatable bonds is 5. The predicted molar refractivity (Wildman–Crippen MR) is 137 cm³/mol. The van der Waals surface area contributed by atoms with Crippen LogP contribution in [0.1, 0.15) is 0 Å². The number of aromatic amines is 1. The Hall–Kier alpha value is -3.76. The van der Waals surface area contributed by atoms with Crippen molar-refractivity contribution in [3.63, 3.8) is 0 Å². The van der Waals surface area contributed by atoms with Crippen LogP contribution in [0.3, 0.4) is 0 Å². The quantitative estimate of drug-likeness (QED) is 0.364. The molecule has 186 valence electrons. The number of benzene rings is 2. The molecule has 10 heteroatoms. The molecule has 0 spiro atoms. The standard InChI is InChI=1S/C27H22ClN5O4/c28-19-9-20-21(10-24(31-20)37-23-12-36-26-22(34)11-35-27(23)26)32-25(19)17-3-1-15(2-4-17)16-5-7-18(8-6-16)33-14-29-13-30-33/h1-10,13-14,22-23,26-27,31,34H,11-12H2. The van der Waals surface area contributed by atoms with E-state index in [0.717, 1.165) is 33.4 Å². The molecule has 2 aromatic carbocycles. The van der Waals surface area contributed by atoms with E-state index >= 15 is 0 Å². The fourth-order valence-corrected chi connectivity index (χ4v) is 5.21. The number of hydrogen-bond donors (Lipinski definition) is 2. The number of ether oxygens (including phenoxy) is 3. The van der Waals surface area contributed by atoms with E-state index in [2.05, 4.69) is 39.3 Å². The Bertz CT molecular complexity index is 1550. The molecule has 0 radical (unpaired) electrons. The summed E-state index contributed by atoms with van der Waals surface area (Å²) in [7, 11) is 0. The summed E-state index contributed by atoms with van der Waals surface area (Å²) in [5.74, 6) is 0.555. The number of hydrogen-bond acceptors (Lipinski definition) is 7. The number of pyridine rings is 1. The third-order valence-electron chi connectivity index (χ3n) is 6.83. The van der Waals surface area contributed by atoms with Crippen molar-refractivity contribution in [2.75, 3.05) is 13.2 Å². The Labute approximate surface area is 216 Å². The molecule has 4 unspecified atom stereocenters. The third-order valence-corrected chi connectivity index (χ3v) is 7.12. The Morgan fingerprint density at radius 2 is 1.68 bits per heavy atom. The summed E-state index contributed by atoms with van der Waals surface area (Å²) in [6.07, 6.45) is 1.64. The second kappa shape index (κ2) is 8.97. The molecule has 5 aromatic rings. The third kappa shape index (κ3) is 4.06. The van der Waals surface area contributed by atoms with E-state index in [0.29, 0.717) is 23.2 Å². The monoisotopic (exact) mass is 515 g/mol. The molecule has 0 aliphatic carbocycles. The van der Waals surface area contributed by atoms with Gasteiger partial charge < -0.3 is 24.3 Å². The molecule has 3 aromatic heterocycles. The maximum absolute atomic E-state index is 9.95. The molecule has 5 heterocycles. The van der Waals surface area contributed by atoms with Gasteiger partial charge >= 0.3 is 0 Å². The molecule has 37 heavy (non-hydrogen) atoms. The SMILES string of the molecule is OC1COC2C(Oc3cc4nc(-c5ccc(-c6ccc(-n7cncn7)cc6)cc5)c(Cl)cc4[nH]3)COC12. The number of fused-ring (bicyclic) bond motifs is 2. The first-order valence-corrected chi connectivity index (χ1v) is 12.3. The van der Waals surface area contributed by atoms with Crippen LogP contribution in [0.4, 0.5) is 0 Å². The zero-order valence-electron chi connectivity index (χ0n) is 19.5. The average molecular weight is 516 g/mol. The topological polar surface area (TPSA) is 107 Å². The van der Waals surface area contributed by atoms with Gasteiger partial charge in [-0.25, -0.2) is 14.6 Å². The number of aliphatic hydroxyl groups is 1. The minimum atomic E-state index is -0.616. The summed E-state index contributed by atoms with van der Waals surface area (Å²) in [4.78, 5) is 12.0. The molecule has 9 nitrogen and oxygen atoms in total. The van der Waals surface area contributed by atoms with Crippen molar-refractivity contribution in [1.29, 1.82) is 0 Å². The van der Waals surface area contributed by atoms with E-state index < -0.39 is 6.10 Å². The van der Waals surface area contributed by atoms with Gasteiger partial charge in [0.15, 0.2) is 12.0 Å². The minimum Gasteiger partial charge on any atom is -0.470 e.